The number of carbonyl (C=O) groups excluding carboxylic acids is 1. The third kappa shape index (κ3) is 1.93. The summed E-state index contributed by atoms with van der Waals surface area (Å²) in [6.45, 7) is 0. The number of hydrogen-bond donors (Lipinski definition) is 0. The number of methoxy groups -OCH3 is 3. The van der Waals surface area contributed by atoms with Crippen LogP contribution in [0.1, 0.15) is 10.5 Å². The van der Waals surface area contributed by atoms with Gasteiger partial charge in [0.15, 0.2) is 11.4 Å². The normalized spacial score (nSPS) is 9.36. The van der Waals surface area contributed by atoms with Crippen LogP contribution in [-0.4, -0.2) is 32.3 Å². The highest BCUT2D eigenvalue weighted by Crippen LogP contribution is 2.22. The second-order valence-electron chi connectivity index (χ2n) is 2.42. The number of rotatable bonds is 3. The van der Waals surface area contributed by atoms with Crippen molar-refractivity contribution in [2.75, 3.05) is 21.3 Å². The molecule has 14 heavy (non-hydrogen) atoms. The zero-order valence-corrected chi connectivity index (χ0v) is 8.23. The Balaban J connectivity index is 3.11. The SMILES string of the molecule is COC(=O)c1ncc(OC)cc1OC. The van der Waals surface area contributed by atoms with E-state index in [-0.39, 0.29) is 5.69 Å². The smallest absolute Gasteiger partial charge is 0.360 e. The number of ether oxygens (including phenoxy) is 3. The fourth-order valence-electron chi connectivity index (χ4n) is 0.944. The Kier molecular flexibility index (Phi) is 3.28. The van der Waals surface area contributed by atoms with E-state index in [1.807, 2.05) is 0 Å². The second kappa shape index (κ2) is 4.45. The van der Waals surface area contributed by atoms with Gasteiger partial charge in [0.05, 0.1) is 27.5 Å². The maximum Gasteiger partial charge on any atom is 0.360 e. The highest BCUT2D eigenvalue weighted by atomic mass is 16.5. The molecule has 0 radical (unpaired) electrons. The standard InChI is InChI=1S/C9H11NO4/c1-12-6-4-7(13-2)8(10-5-6)9(11)14-3/h4-5H,1-3H3. The summed E-state index contributed by atoms with van der Waals surface area (Å²) in [5.41, 5.74) is 0.135. The van der Waals surface area contributed by atoms with E-state index in [2.05, 4.69) is 9.72 Å². The van der Waals surface area contributed by atoms with Gasteiger partial charge in [0.2, 0.25) is 0 Å². The predicted octanol–water partition coefficient (Wildman–Crippen LogP) is 0.885. The van der Waals surface area contributed by atoms with Gasteiger partial charge in [-0.3, -0.25) is 0 Å². The molecule has 0 spiro atoms. The first kappa shape index (κ1) is 10.3. The molecule has 5 heteroatoms. The third-order valence-corrected chi connectivity index (χ3v) is 1.66. The predicted molar refractivity (Wildman–Crippen MR) is 48.7 cm³/mol. The molecule has 0 aliphatic carbocycles. The Hall–Kier alpha value is -1.78. The van der Waals surface area contributed by atoms with Crippen molar-refractivity contribution >= 4 is 5.97 Å². The molecule has 1 aromatic heterocycles. The largest absolute Gasteiger partial charge is 0.495 e. The molecule has 0 aliphatic rings. The number of aromatic nitrogens is 1. The molecule has 76 valence electrons. The summed E-state index contributed by atoms with van der Waals surface area (Å²) in [4.78, 5) is 15.1. The second-order valence-corrected chi connectivity index (χ2v) is 2.42. The lowest BCUT2D eigenvalue weighted by molar-refractivity contribution is 0.0590. The van der Waals surface area contributed by atoms with Gasteiger partial charge < -0.3 is 14.2 Å². The van der Waals surface area contributed by atoms with E-state index in [9.17, 15) is 4.79 Å². The molecule has 0 amide bonds. The summed E-state index contributed by atoms with van der Waals surface area (Å²) in [5, 5.41) is 0. The van der Waals surface area contributed by atoms with Gasteiger partial charge in [0.25, 0.3) is 0 Å². The zero-order chi connectivity index (χ0) is 10.6. The quantitative estimate of drug-likeness (QED) is 0.673. The van der Waals surface area contributed by atoms with Crippen LogP contribution < -0.4 is 9.47 Å². The monoisotopic (exact) mass is 197 g/mol. The van der Waals surface area contributed by atoms with Crippen molar-refractivity contribution < 1.29 is 19.0 Å². The van der Waals surface area contributed by atoms with E-state index in [1.54, 1.807) is 6.07 Å². The molecule has 0 fully saturated rings. The molecule has 0 saturated carbocycles. The van der Waals surface area contributed by atoms with Crippen molar-refractivity contribution in [3.63, 3.8) is 0 Å². The number of esters is 1. The maximum absolute atomic E-state index is 11.2. The van der Waals surface area contributed by atoms with Crippen molar-refractivity contribution in [1.82, 2.24) is 4.98 Å². The number of hydrogen-bond acceptors (Lipinski definition) is 5. The summed E-state index contributed by atoms with van der Waals surface area (Å²) in [6.07, 6.45) is 1.43. The van der Waals surface area contributed by atoms with Gasteiger partial charge in [-0.25, -0.2) is 9.78 Å². The topological polar surface area (TPSA) is 57.7 Å². The van der Waals surface area contributed by atoms with Gasteiger partial charge in [-0.2, -0.15) is 0 Å². The van der Waals surface area contributed by atoms with Gasteiger partial charge in [-0.1, -0.05) is 0 Å². The van der Waals surface area contributed by atoms with Gasteiger partial charge in [-0.15, -0.1) is 0 Å². The van der Waals surface area contributed by atoms with Gasteiger partial charge in [0, 0.05) is 6.07 Å². The summed E-state index contributed by atoms with van der Waals surface area (Å²) >= 11 is 0. The molecule has 0 aliphatic heterocycles. The summed E-state index contributed by atoms with van der Waals surface area (Å²) in [7, 11) is 4.24. The van der Waals surface area contributed by atoms with E-state index in [0.29, 0.717) is 11.5 Å². The lowest BCUT2D eigenvalue weighted by atomic mass is 10.3. The highest BCUT2D eigenvalue weighted by molar-refractivity contribution is 5.90. The molecular formula is C9H11NO4. The van der Waals surface area contributed by atoms with Crippen LogP contribution in [0.25, 0.3) is 0 Å². The minimum absolute atomic E-state index is 0.135. The maximum atomic E-state index is 11.2. The van der Waals surface area contributed by atoms with Crippen molar-refractivity contribution in [3.05, 3.63) is 18.0 Å². The van der Waals surface area contributed by atoms with E-state index >= 15 is 0 Å². The highest BCUT2D eigenvalue weighted by Gasteiger charge is 2.14. The first-order valence-corrected chi connectivity index (χ1v) is 3.89. The number of nitrogens with zero attached hydrogens (tertiary/aromatic N) is 1. The third-order valence-electron chi connectivity index (χ3n) is 1.66. The van der Waals surface area contributed by atoms with Gasteiger partial charge in [-0.05, 0) is 0 Å². The molecule has 0 bridgehead atoms. The van der Waals surface area contributed by atoms with Crippen LogP contribution in [0.4, 0.5) is 0 Å². The van der Waals surface area contributed by atoms with Crippen LogP contribution in [0.3, 0.4) is 0 Å². The van der Waals surface area contributed by atoms with Crippen LogP contribution in [-0.2, 0) is 4.74 Å². The van der Waals surface area contributed by atoms with Gasteiger partial charge >= 0.3 is 5.97 Å². The van der Waals surface area contributed by atoms with Crippen LogP contribution in [0, 0.1) is 0 Å². The van der Waals surface area contributed by atoms with Crippen LogP contribution in [0.2, 0.25) is 0 Å². The molecule has 0 aromatic carbocycles. The lowest BCUT2D eigenvalue weighted by Crippen LogP contribution is -2.06. The van der Waals surface area contributed by atoms with E-state index in [0.717, 1.165) is 0 Å². The average molecular weight is 197 g/mol. The van der Waals surface area contributed by atoms with Crippen LogP contribution in [0.15, 0.2) is 12.3 Å². The Labute approximate surface area is 81.6 Å². The molecule has 0 atom stereocenters. The van der Waals surface area contributed by atoms with Crippen LogP contribution in [0.5, 0.6) is 11.5 Å². The van der Waals surface area contributed by atoms with E-state index in [1.165, 1.54) is 27.5 Å². The number of pyridine rings is 1. The minimum atomic E-state index is -0.537. The lowest BCUT2D eigenvalue weighted by Gasteiger charge is -2.07. The molecule has 0 saturated heterocycles. The van der Waals surface area contributed by atoms with E-state index in [4.69, 9.17) is 9.47 Å². The first-order chi connectivity index (χ1) is 6.72. The summed E-state index contributed by atoms with van der Waals surface area (Å²) < 4.78 is 14.4. The molecule has 0 N–H and O–H groups in total. The Morgan fingerprint density at radius 1 is 1.29 bits per heavy atom. The van der Waals surface area contributed by atoms with Crippen molar-refractivity contribution in [3.8, 4) is 11.5 Å². The number of carbonyl (C=O) groups is 1. The summed E-state index contributed by atoms with van der Waals surface area (Å²) in [6, 6.07) is 1.57. The fraction of sp³-hybridized carbons (Fsp3) is 0.333. The van der Waals surface area contributed by atoms with E-state index < -0.39 is 5.97 Å². The first-order valence-electron chi connectivity index (χ1n) is 3.89. The zero-order valence-electron chi connectivity index (χ0n) is 8.23. The van der Waals surface area contributed by atoms with Crippen molar-refractivity contribution in [1.29, 1.82) is 0 Å². The molecular weight excluding hydrogens is 186 g/mol. The van der Waals surface area contributed by atoms with Gasteiger partial charge in [0.1, 0.15) is 5.75 Å². The summed E-state index contributed by atoms with van der Waals surface area (Å²) in [5.74, 6) is 0.315. The Morgan fingerprint density at radius 2 is 2.00 bits per heavy atom. The molecule has 5 nitrogen and oxygen atoms in total. The van der Waals surface area contributed by atoms with Crippen molar-refractivity contribution in [2.24, 2.45) is 0 Å². The average Bonchev–Trinajstić information content (AvgIpc) is 2.27. The molecule has 1 aromatic rings. The Morgan fingerprint density at radius 3 is 2.50 bits per heavy atom. The van der Waals surface area contributed by atoms with Crippen molar-refractivity contribution in [2.45, 2.75) is 0 Å². The molecule has 1 heterocycles. The van der Waals surface area contributed by atoms with Crippen LogP contribution >= 0.6 is 0 Å². The Bertz CT molecular complexity index is 338. The molecule has 1 rings (SSSR count). The fourth-order valence-corrected chi connectivity index (χ4v) is 0.944. The minimum Gasteiger partial charge on any atom is -0.495 e. The molecule has 0 unspecified atom stereocenters.